The quantitative estimate of drug-likeness (QED) is 0.942. The van der Waals surface area contributed by atoms with Gasteiger partial charge in [-0.3, -0.25) is 9.80 Å². The van der Waals surface area contributed by atoms with Gasteiger partial charge in [0.05, 0.1) is 0 Å². The van der Waals surface area contributed by atoms with Crippen LogP contribution in [0.1, 0.15) is 30.6 Å². The third-order valence-corrected chi connectivity index (χ3v) is 5.63. The number of hydrogen-bond donors (Lipinski definition) is 1. The molecule has 2 saturated heterocycles. The summed E-state index contributed by atoms with van der Waals surface area (Å²) in [4.78, 5) is 5.20. The van der Waals surface area contributed by atoms with Gasteiger partial charge in [-0.25, -0.2) is 0 Å². The number of furan rings is 1. The Morgan fingerprint density at radius 3 is 3.00 bits per heavy atom. The van der Waals surface area contributed by atoms with Crippen molar-refractivity contribution in [3.05, 3.63) is 35.6 Å². The number of hydrogen-bond acceptors (Lipinski definition) is 4. The number of aliphatic hydroxyl groups is 1. The van der Waals surface area contributed by atoms with Crippen molar-refractivity contribution in [1.29, 1.82) is 0 Å². The molecule has 0 bridgehead atoms. The lowest BCUT2D eigenvalue weighted by atomic mass is 10.0. The van der Waals surface area contributed by atoms with Crippen LogP contribution in [0.3, 0.4) is 0 Å². The highest BCUT2D eigenvalue weighted by molar-refractivity contribution is 5.82. The van der Waals surface area contributed by atoms with Gasteiger partial charge in [-0.2, -0.15) is 0 Å². The van der Waals surface area contributed by atoms with E-state index in [0.717, 1.165) is 37.4 Å². The van der Waals surface area contributed by atoms with Crippen LogP contribution in [0.15, 0.2) is 28.7 Å². The first-order valence-corrected chi connectivity index (χ1v) is 8.82. The molecule has 4 heteroatoms. The number of benzene rings is 1. The van der Waals surface area contributed by atoms with E-state index in [0.29, 0.717) is 12.1 Å². The van der Waals surface area contributed by atoms with Crippen LogP contribution in [0.4, 0.5) is 0 Å². The van der Waals surface area contributed by atoms with Crippen molar-refractivity contribution in [1.82, 2.24) is 9.80 Å². The minimum absolute atomic E-state index is 0.269. The summed E-state index contributed by atoms with van der Waals surface area (Å²) in [6.07, 6.45) is 3.49. The van der Waals surface area contributed by atoms with Crippen molar-refractivity contribution in [2.24, 2.45) is 0 Å². The molecule has 0 spiro atoms. The highest BCUT2D eigenvalue weighted by Crippen LogP contribution is 2.31. The number of aliphatic hydroxyl groups excluding tert-OH is 1. The molecule has 3 heterocycles. The van der Waals surface area contributed by atoms with E-state index in [1.165, 1.54) is 30.3 Å². The minimum Gasteiger partial charge on any atom is -0.461 e. The summed E-state index contributed by atoms with van der Waals surface area (Å²) in [6.45, 7) is 6.71. The molecule has 2 aliphatic heterocycles. The van der Waals surface area contributed by atoms with Gasteiger partial charge < -0.3 is 9.52 Å². The number of fused-ring (bicyclic) bond motifs is 2. The van der Waals surface area contributed by atoms with Crippen molar-refractivity contribution in [2.75, 3.05) is 26.2 Å². The van der Waals surface area contributed by atoms with Crippen LogP contribution in [-0.4, -0.2) is 53.2 Å². The molecular formula is C19H26N2O2. The molecular weight excluding hydrogens is 288 g/mol. The van der Waals surface area contributed by atoms with Gasteiger partial charge in [-0.05, 0) is 38.8 Å². The number of nitrogens with zero attached hydrogens (tertiary/aromatic N) is 2. The van der Waals surface area contributed by atoms with Gasteiger partial charge in [-0.1, -0.05) is 18.2 Å². The molecule has 2 atom stereocenters. The lowest BCUT2D eigenvalue weighted by Gasteiger charge is -2.43. The van der Waals surface area contributed by atoms with E-state index in [9.17, 15) is 5.11 Å². The van der Waals surface area contributed by atoms with Crippen molar-refractivity contribution in [3.63, 3.8) is 0 Å². The molecule has 23 heavy (non-hydrogen) atoms. The average molecular weight is 314 g/mol. The molecule has 2 fully saturated rings. The van der Waals surface area contributed by atoms with Gasteiger partial charge in [0.2, 0.25) is 0 Å². The molecule has 2 aromatic rings. The molecule has 0 saturated carbocycles. The van der Waals surface area contributed by atoms with E-state index in [1.54, 1.807) is 0 Å². The smallest absolute Gasteiger partial charge is 0.134 e. The van der Waals surface area contributed by atoms with Crippen molar-refractivity contribution < 1.29 is 9.52 Å². The number of piperazine rings is 1. The maximum absolute atomic E-state index is 9.47. The lowest BCUT2D eigenvalue weighted by Crippen LogP contribution is -2.55. The van der Waals surface area contributed by atoms with Crippen LogP contribution in [0.25, 0.3) is 11.0 Å². The van der Waals surface area contributed by atoms with E-state index in [2.05, 4.69) is 28.9 Å². The second kappa shape index (κ2) is 6.27. The normalized spacial score (nSPS) is 26.0. The fourth-order valence-electron chi connectivity index (χ4n) is 4.39. The predicted molar refractivity (Wildman–Crippen MR) is 91.4 cm³/mol. The van der Waals surface area contributed by atoms with Gasteiger partial charge in [-0.15, -0.1) is 0 Å². The Morgan fingerprint density at radius 1 is 1.26 bits per heavy atom. The fourth-order valence-corrected chi connectivity index (χ4v) is 4.39. The van der Waals surface area contributed by atoms with Crippen LogP contribution in [0.5, 0.6) is 0 Å². The second-order valence-corrected chi connectivity index (χ2v) is 7.02. The van der Waals surface area contributed by atoms with Crippen molar-refractivity contribution in [2.45, 2.75) is 44.8 Å². The standard InChI is InChI=1S/C19H26N2O2/c1-14-18(17-6-2-3-7-19(17)23-14)13-21-12-15-5-4-9-20(15)11-16(21)8-10-22/h2-3,6-7,15-16,22H,4-5,8-13H2,1H3/t15?,16-/m0/s1. The molecule has 1 N–H and O–H groups in total. The molecule has 1 unspecified atom stereocenters. The first kappa shape index (κ1) is 15.2. The molecule has 0 radical (unpaired) electrons. The van der Waals surface area contributed by atoms with Gasteiger partial charge in [0, 0.05) is 49.3 Å². The van der Waals surface area contributed by atoms with Gasteiger partial charge in [0.15, 0.2) is 0 Å². The van der Waals surface area contributed by atoms with E-state index in [1.807, 2.05) is 12.1 Å². The Hall–Kier alpha value is -1.36. The first-order valence-electron chi connectivity index (χ1n) is 8.82. The SMILES string of the molecule is Cc1oc2ccccc2c1CN1CC2CCCN2C[C@@H]1CCO. The van der Waals surface area contributed by atoms with Crippen LogP contribution < -0.4 is 0 Å². The van der Waals surface area contributed by atoms with E-state index in [4.69, 9.17) is 4.42 Å². The minimum atomic E-state index is 0.269. The molecule has 2 aliphatic rings. The van der Waals surface area contributed by atoms with Crippen LogP contribution in [-0.2, 0) is 6.54 Å². The van der Waals surface area contributed by atoms with E-state index < -0.39 is 0 Å². The average Bonchev–Trinajstić information content (AvgIpc) is 3.12. The van der Waals surface area contributed by atoms with Crippen LogP contribution >= 0.6 is 0 Å². The van der Waals surface area contributed by atoms with Gasteiger partial charge >= 0.3 is 0 Å². The molecule has 1 aromatic heterocycles. The first-order chi connectivity index (χ1) is 11.3. The second-order valence-electron chi connectivity index (χ2n) is 7.02. The Balaban J connectivity index is 1.61. The van der Waals surface area contributed by atoms with Crippen LogP contribution in [0, 0.1) is 6.92 Å². The van der Waals surface area contributed by atoms with Crippen molar-refractivity contribution in [3.8, 4) is 0 Å². The summed E-state index contributed by atoms with van der Waals surface area (Å²) in [5.41, 5.74) is 2.30. The highest BCUT2D eigenvalue weighted by Gasteiger charge is 2.36. The summed E-state index contributed by atoms with van der Waals surface area (Å²) in [7, 11) is 0. The third-order valence-electron chi connectivity index (χ3n) is 5.63. The van der Waals surface area contributed by atoms with Gasteiger partial charge in [0.1, 0.15) is 11.3 Å². The molecule has 124 valence electrons. The number of para-hydroxylation sites is 1. The molecule has 4 rings (SSSR count). The van der Waals surface area contributed by atoms with Gasteiger partial charge in [0.25, 0.3) is 0 Å². The molecule has 1 aromatic carbocycles. The Bertz CT molecular complexity index is 681. The summed E-state index contributed by atoms with van der Waals surface area (Å²) >= 11 is 0. The third kappa shape index (κ3) is 2.80. The number of rotatable bonds is 4. The fraction of sp³-hybridized carbons (Fsp3) is 0.579. The maximum Gasteiger partial charge on any atom is 0.134 e. The largest absolute Gasteiger partial charge is 0.461 e. The number of aryl methyl sites for hydroxylation is 1. The molecule has 4 nitrogen and oxygen atoms in total. The Kier molecular flexibility index (Phi) is 4.14. The summed E-state index contributed by atoms with van der Waals surface area (Å²) in [5, 5.41) is 10.7. The molecule has 0 aliphatic carbocycles. The maximum atomic E-state index is 9.47. The lowest BCUT2D eigenvalue weighted by molar-refractivity contribution is 0.0333. The Labute approximate surface area is 137 Å². The van der Waals surface area contributed by atoms with E-state index in [-0.39, 0.29) is 6.61 Å². The van der Waals surface area contributed by atoms with E-state index >= 15 is 0 Å². The monoisotopic (exact) mass is 314 g/mol. The predicted octanol–water partition coefficient (Wildman–Crippen LogP) is 2.77. The summed E-state index contributed by atoms with van der Waals surface area (Å²) in [5.74, 6) is 1.03. The molecule has 0 amide bonds. The highest BCUT2D eigenvalue weighted by atomic mass is 16.3. The zero-order chi connectivity index (χ0) is 15.8. The zero-order valence-corrected chi connectivity index (χ0v) is 13.9. The zero-order valence-electron chi connectivity index (χ0n) is 13.9. The Morgan fingerprint density at radius 2 is 2.13 bits per heavy atom. The summed E-state index contributed by atoms with van der Waals surface area (Å²) < 4.78 is 5.94. The van der Waals surface area contributed by atoms with Crippen LogP contribution in [0.2, 0.25) is 0 Å². The van der Waals surface area contributed by atoms with Crippen molar-refractivity contribution >= 4 is 11.0 Å². The topological polar surface area (TPSA) is 39.9 Å². The summed E-state index contributed by atoms with van der Waals surface area (Å²) in [6, 6.07) is 9.47.